The Balaban J connectivity index is 1.90. The summed E-state index contributed by atoms with van der Waals surface area (Å²) in [5.41, 5.74) is -0.323. The molecule has 2 aromatic heterocycles. The molecule has 0 unspecified atom stereocenters. The van der Waals surface area contributed by atoms with Gasteiger partial charge < -0.3 is 9.84 Å². The van der Waals surface area contributed by atoms with Crippen LogP contribution in [0.3, 0.4) is 0 Å². The van der Waals surface area contributed by atoms with E-state index in [-0.39, 0.29) is 11.3 Å². The summed E-state index contributed by atoms with van der Waals surface area (Å²) in [6.45, 7) is 6.11. The van der Waals surface area contributed by atoms with Gasteiger partial charge in [-0.25, -0.2) is 0 Å². The Morgan fingerprint density at radius 3 is 2.54 bits per heavy atom. The zero-order chi connectivity index (χ0) is 17.2. The summed E-state index contributed by atoms with van der Waals surface area (Å²) in [5.74, 6) is 0.965. The largest absolute Gasteiger partial charge is 0.338 e. The monoisotopic (exact) mass is 329 g/mol. The van der Waals surface area contributed by atoms with Crippen LogP contribution in [-0.2, 0) is 11.0 Å². The molecule has 1 aliphatic carbocycles. The van der Waals surface area contributed by atoms with E-state index in [1.165, 1.54) is 12.4 Å². The Hall–Kier alpha value is -2.31. The third-order valence-electron chi connectivity index (χ3n) is 4.41. The summed E-state index contributed by atoms with van der Waals surface area (Å²) in [6, 6.07) is 1.65. The smallest absolute Gasteiger partial charge is 0.253 e. The summed E-state index contributed by atoms with van der Waals surface area (Å²) in [5, 5.41) is 14.7. The molecule has 0 bridgehead atoms. The Morgan fingerprint density at radius 2 is 1.96 bits per heavy atom. The lowest BCUT2D eigenvalue weighted by Crippen LogP contribution is -2.47. The van der Waals surface area contributed by atoms with E-state index >= 15 is 0 Å². The van der Waals surface area contributed by atoms with Crippen molar-refractivity contribution in [2.24, 2.45) is 0 Å². The Bertz CT molecular complexity index is 699. The van der Waals surface area contributed by atoms with Crippen LogP contribution in [0.15, 0.2) is 23.0 Å². The molecule has 7 nitrogen and oxygen atoms in total. The van der Waals surface area contributed by atoms with Crippen LogP contribution >= 0.6 is 0 Å². The predicted octanol–water partition coefficient (Wildman–Crippen LogP) is 2.75. The average molecular weight is 329 g/mol. The van der Waals surface area contributed by atoms with E-state index in [2.05, 4.69) is 25.7 Å². The average Bonchev–Trinajstić information content (AvgIpc) is 3.07. The fourth-order valence-electron chi connectivity index (χ4n) is 2.98. The Morgan fingerprint density at radius 1 is 1.21 bits per heavy atom. The first-order valence-corrected chi connectivity index (χ1v) is 8.35. The van der Waals surface area contributed by atoms with Gasteiger partial charge in [0.05, 0.1) is 18.0 Å². The van der Waals surface area contributed by atoms with Gasteiger partial charge in [0, 0.05) is 5.41 Å². The second kappa shape index (κ2) is 6.30. The molecule has 0 radical (unpaired) electrons. The number of hydrogen-bond acceptors (Lipinski definition) is 6. The van der Waals surface area contributed by atoms with Crippen LogP contribution in [0, 0.1) is 0 Å². The molecule has 0 atom stereocenters. The fourth-order valence-corrected chi connectivity index (χ4v) is 2.98. The van der Waals surface area contributed by atoms with Gasteiger partial charge in [0.2, 0.25) is 0 Å². The van der Waals surface area contributed by atoms with Crippen LogP contribution in [0.25, 0.3) is 0 Å². The van der Waals surface area contributed by atoms with E-state index in [0.29, 0.717) is 17.3 Å². The maximum Gasteiger partial charge on any atom is 0.253 e. The van der Waals surface area contributed by atoms with Crippen LogP contribution in [-0.4, -0.2) is 26.2 Å². The number of rotatable bonds is 3. The predicted molar refractivity (Wildman–Crippen MR) is 87.3 cm³/mol. The maximum absolute atomic E-state index is 12.6. The molecule has 0 saturated heterocycles. The van der Waals surface area contributed by atoms with Crippen molar-refractivity contribution in [3.63, 3.8) is 0 Å². The molecule has 2 heterocycles. The van der Waals surface area contributed by atoms with Crippen LogP contribution in [0.4, 0.5) is 0 Å². The Kier molecular flexibility index (Phi) is 4.34. The minimum atomic E-state index is -0.602. The van der Waals surface area contributed by atoms with Crippen molar-refractivity contribution in [3.05, 3.63) is 35.7 Å². The fraction of sp³-hybridized carbons (Fsp3) is 0.588. The van der Waals surface area contributed by atoms with E-state index in [9.17, 15) is 4.79 Å². The molecule has 2 aromatic rings. The highest BCUT2D eigenvalue weighted by Crippen LogP contribution is 2.37. The van der Waals surface area contributed by atoms with E-state index in [4.69, 9.17) is 4.52 Å². The van der Waals surface area contributed by atoms with Gasteiger partial charge in [0.15, 0.2) is 5.82 Å². The number of hydrogen-bond donors (Lipinski definition) is 1. The summed E-state index contributed by atoms with van der Waals surface area (Å²) in [7, 11) is 0. The minimum Gasteiger partial charge on any atom is -0.338 e. The number of amides is 1. The molecule has 1 N–H and O–H groups in total. The second-order valence-corrected chi connectivity index (χ2v) is 7.40. The van der Waals surface area contributed by atoms with Crippen molar-refractivity contribution in [1.29, 1.82) is 0 Å². The van der Waals surface area contributed by atoms with Crippen LogP contribution < -0.4 is 5.32 Å². The van der Waals surface area contributed by atoms with E-state index in [1.807, 2.05) is 20.8 Å². The molecule has 24 heavy (non-hydrogen) atoms. The highest BCUT2D eigenvalue weighted by Gasteiger charge is 2.41. The molecular formula is C17H23N5O2. The SMILES string of the molecule is CC(C)(C)c1noc(C2(NC(=O)c3ccnnc3)CCCCC2)n1. The lowest BCUT2D eigenvalue weighted by atomic mass is 9.81. The zero-order valence-electron chi connectivity index (χ0n) is 14.4. The number of aromatic nitrogens is 4. The first kappa shape index (κ1) is 16.5. The Labute approximate surface area is 141 Å². The maximum atomic E-state index is 12.6. The van der Waals surface area contributed by atoms with Gasteiger partial charge in [-0.2, -0.15) is 15.2 Å². The van der Waals surface area contributed by atoms with Crippen molar-refractivity contribution >= 4 is 5.91 Å². The highest BCUT2D eigenvalue weighted by atomic mass is 16.5. The molecule has 1 aliphatic rings. The van der Waals surface area contributed by atoms with Gasteiger partial charge in [-0.3, -0.25) is 4.79 Å². The van der Waals surface area contributed by atoms with Gasteiger partial charge in [-0.05, 0) is 18.9 Å². The lowest BCUT2D eigenvalue weighted by molar-refractivity contribution is 0.0824. The van der Waals surface area contributed by atoms with Crippen molar-refractivity contribution in [3.8, 4) is 0 Å². The van der Waals surface area contributed by atoms with E-state index in [0.717, 1.165) is 32.1 Å². The highest BCUT2D eigenvalue weighted by molar-refractivity contribution is 5.94. The standard InChI is InChI=1S/C17H23N5O2/c1-16(2,3)14-20-15(24-22-14)17(8-5-4-6-9-17)21-13(23)12-7-10-18-19-11-12/h7,10-11H,4-6,8-9H2,1-3H3,(H,21,23). The third kappa shape index (κ3) is 3.29. The quantitative estimate of drug-likeness (QED) is 0.930. The third-order valence-corrected chi connectivity index (χ3v) is 4.41. The van der Waals surface area contributed by atoms with Crippen LogP contribution in [0.2, 0.25) is 0 Å². The second-order valence-electron chi connectivity index (χ2n) is 7.40. The van der Waals surface area contributed by atoms with Crippen molar-refractivity contribution in [2.75, 3.05) is 0 Å². The van der Waals surface area contributed by atoms with Gasteiger partial charge >= 0.3 is 0 Å². The van der Waals surface area contributed by atoms with Gasteiger partial charge in [0.25, 0.3) is 11.8 Å². The molecule has 3 rings (SSSR count). The summed E-state index contributed by atoms with van der Waals surface area (Å²) in [4.78, 5) is 17.2. The molecular weight excluding hydrogens is 306 g/mol. The number of nitrogens with zero attached hydrogens (tertiary/aromatic N) is 4. The molecule has 7 heteroatoms. The molecule has 128 valence electrons. The molecule has 1 saturated carbocycles. The minimum absolute atomic E-state index is 0.192. The lowest BCUT2D eigenvalue weighted by Gasteiger charge is -2.34. The molecule has 0 aromatic carbocycles. The zero-order valence-corrected chi connectivity index (χ0v) is 14.4. The molecule has 1 fully saturated rings. The van der Waals surface area contributed by atoms with Gasteiger partial charge in [-0.15, -0.1) is 0 Å². The van der Waals surface area contributed by atoms with E-state index in [1.54, 1.807) is 6.07 Å². The van der Waals surface area contributed by atoms with Gasteiger partial charge in [-0.1, -0.05) is 45.2 Å². The summed E-state index contributed by atoms with van der Waals surface area (Å²) >= 11 is 0. The van der Waals surface area contributed by atoms with Crippen molar-refractivity contribution in [1.82, 2.24) is 25.7 Å². The normalized spacial score (nSPS) is 17.5. The van der Waals surface area contributed by atoms with Crippen LogP contribution in [0.5, 0.6) is 0 Å². The summed E-state index contributed by atoms with van der Waals surface area (Å²) in [6.07, 6.45) is 7.73. The van der Waals surface area contributed by atoms with Crippen molar-refractivity contribution in [2.45, 2.75) is 63.8 Å². The van der Waals surface area contributed by atoms with Crippen molar-refractivity contribution < 1.29 is 9.32 Å². The first-order chi connectivity index (χ1) is 11.4. The topological polar surface area (TPSA) is 93.8 Å². The summed E-state index contributed by atoms with van der Waals surface area (Å²) < 4.78 is 5.57. The van der Waals surface area contributed by atoms with Gasteiger partial charge in [0.1, 0.15) is 5.54 Å². The number of carbonyl (C=O) groups excluding carboxylic acids is 1. The van der Waals surface area contributed by atoms with Crippen LogP contribution in [0.1, 0.15) is 74.9 Å². The van der Waals surface area contributed by atoms with E-state index < -0.39 is 5.54 Å². The molecule has 0 spiro atoms. The number of nitrogens with one attached hydrogen (secondary N) is 1. The molecule has 0 aliphatic heterocycles. The first-order valence-electron chi connectivity index (χ1n) is 8.35. The molecule has 1 amide bonds. The number of carbonyl (C=O) groups is 1.